The Morgan fingerprint density at radius 1 is 0.925 bits per heavy atom. The zero-order valence-corrected chi connectivity index (χ0v) is 24.3. The standard InChI is InChI=1S/C26H25NO4.C7H10.C2H6/c1-4-9-20(28)16-10-5-6-11-17(15-14-16)27-25-21-23(30)22(29)18-12-7-8-13-19(18)24(21)31-26(25,2)3;1-2-4-6-7-5-3-1;1-2/h4-9,12-15,25,27H,10-11H2,1-3H3;1-4H,5-7H2;1-2H3/b6-5-,9-4+,16-14+,17-15+;;. The van der Waals surface area contributed by atoms with Gasteiger partial charge in [0.2, 0.25) is 11.6 Å². The van der Waals surface area contributed by atoms with E-state index in [9.17, 15) is 14.4 Å². The number of allylic oxidation sites excluding steroid dienone is 11. The van der Waals surface area contributed by atoms with Crippen molar-refractivity contribution >= 4 is 23.1 Å². The number of ketones is 3. The van der Waals surface area contributed by atoms with Crippen molar-refractivity contribution in [3.05, 3.63) is 113 Å². The zero-order valence-electron chi connectivity index (χ0n) is 24.3. The summed E-state index contributed by atoms with van der Waals surface area (Å²) in [6, 6.07) is 6.56. The Labute approximate surface area is 238 Å². The molecule has 0 fully saturated rings. The van der Waals surface area contributed by atoms with E-state index in [1.165, 1.54) is 19.3 Å². The van der Waals surface area contributed by atoms with Crippen molar-refractivity contribution in [1.82, 2.24) is 5.32 Å². The summed E-state index contributed by atoms with van der Waals surface area (Å²) < 4.78 is 6.22. The molecule has 1 atom stereocenters. The highest BCUT2D eigenvalue weighted by molar-refractivity contribution is 6.52. The van der Waals surface area contributed by atoms with Gasteiger partial charge in [-0.05, 0) is 58.6 Å². The summed E-state index contributed by atoms with van der Waals surface area (Å²) in [4.78, 5) is 38.0. The Morgan fingerprint density at radius 2 is 1.57 bits per heavy atom. The number of hydrogen-bond donors (Lipinski definition) is 1. The van der Waals surface area contributed by atoms with Gasteiger partial charge in [0.25, 0.3) is 0 Å². The summed E-state index contributed by atoms with van der Waals surface area (Å²) in [5.41, 5.74) is 2.20. The molecule has 1 unspecified atom stereocenters. The van der Waals surface area contributed by atoms with Gasteiger partial charge in [-0.3, -0.25) is 14.4 Å². The van der Waals surface area contributed by atoms with Gasteiger partial charge in [0.15, 0.2) is 5.78 Å². The Morgan fingerprint density at radius 3 is 2.25 bits per heavy atom. The van der Waals surface area contributed by atoms with Gasteiger partial charge in [-0.15, -0.1) is 0 Å². The van der Waals surface area contributed by atoms with E-state index in [1.807, 2.05) is 71.1 Å². The quantitative estimate of drug-likeness (QED) is 0.243. The highest BCUT2D eigenvalue weighted by atomic mass is 16.5. The second kappa shape index (κ2) is 14.4. The average molecular weight is 540 g/mol. The molecule has 5 rings (SSSR count). The first kappa shape index (κ1) is 30.6. The van der Waals surface area contributed by atoms with Crippen LogP contribution in [0.5, 0.6) is 0 Å². The first-order chi connectivity index (χ1) is 19.3. The van der Waals surface area contributed by atoms with Crippen LogP contribution in [0.2, 0.25) is 0 Å². The Balaban J connectivity index is 0.000000422. The molecule has 1 aliphatic heterocycles. The molecule has 0 aromatic heterocycles. The van der Waals surface area contributed by atoms with Crippen molar-refractivity contribution in [2.24, 2.45) is 0 Å². The predicted molar refractivity (Wildman–Crippen MR) is 163 cm³/mol. The van der Waals surface area contributed by atoms with Crippen LogP contribution in [0.1, 0.15) is 82.6 Å². The van der Waals surface area contributed by atoms with Gasteiger partial charge >= 0.3 is 0 Å². The second-order valence-electron chi connectivity index (χ2n) is 10.1. The number of fused-ring (bicyclic) bond motifs is 2. The van der Waals surface area contributed by atoms with E-state index in [0.29, 0.717) is 40.9 Å². The van der Waals surface area contributed by atoms with Crippen molar-refractivity contribution in [2.75, 3.05) is 0 Å². The molecular weight excluding hydrogens is 498 g/mol. The number of rotatable bonds is 4. The van der Waals surface area contributed by atoms with Crippen LogP contribution in [0.15, 0.2) is 102 Å². The van der Waals surface area contributed by atoms with E-state index >= 15 is 0 Å². The van der Waals surface area contributed by atoms with Gasteiger partial charge in [-0.25, -0.2) is 0 Å². The van der Waals surface area contributed by atoms with Crippen LogP contribution in [-0.4, -0.2) is 29.0 Å². The Hall–Kier alpha value is -3.99. The van der Waals surface area contributed by atoms with Crippen LogP contribution in [0.25, 0.3) is 5.76 Å². The number of ether oxygens (including phenoxy) is 1. The third kappa shape index (κ3) is 7.15. The molecule has 5 nitrogen and oxygen atoms in total. The van der Waals surface area contributed by atoms with Gasteiger partial charge in [0.05, 0.1) is 11.6 Å². The van der Waals surface area contributed by atoms with E-state index in [0.717, 1.165) is 5.70 Å². The van der Waals surface area contributed by atoms with Gasteiger partial charge in [0, 0.05) is 28.8 Å². The summed E-state index contributed by atoms with van der Waals surface area (Å²) in [5, 5.41) is 3.43. The molecule has 0 spiro atoms. The van der Waals surface area contributed by atoms with Crippen LogP contribution in [-0.2, 0) is 14.3 Å². The van der Waals surface area contributed by atoms with Gasteiger partial charge in [-0.2, -0.15) is 0 Å². The fourth-order valence-electron chi connectivity index (χ4n) is 4.85. The second-order valence-corrected chi connectivity index (χ2v) is 10.1. The van der Waals surface area contributed by atoms with Crippen LogP contribution >= 0.6 is 0 Å². The monoisotopic (exact) mass is 539 g/mol. The minimum absolute atomic E-state index is 0.0242. The maximum atomic E-state index is 13.0. The number of nitrogens with one attached hydrogen (secondary N) is 1. The molecule has 0 bridgehead atoms. The van der Waals surface area contributed by atoms with Crippen molar-refractivity contribution in [1.29, 1.82) is 0 Å². The smallest absolute Gasteiger partial charge is 0.235 e. The first-order valence-corrected chi connectivity index (χ1v) is 14.2. The molecule has 1 heterocycles. The predicted octanol–water partition coefficient (Wildman–Crippen LogP) is 7.54. The molecule has 5 heteroatoms. The fourth-order valence-corrected chi connectivity index (χ4v) is 4.85. The topological polar surface area (TPSA) is 72.5 Å². The molecule has 3 aliphatic carbocycles. The minimum Gasteiger partial charge on any atom is -0.484 e. The molecule has 0 radical (unpaired) electrons. The Kier molecular flexibility index (Phi) is 11.0. The number of carbonyl (C=O) groups excluding carboxylic acids is 3. The van der Waals surface area contributed by atoms with E-state index < -0.39 is 23.2 Å². The van der Waals surface area contributed by atoms with Crippen LogP contribution in [0.3, 0.4) is 0 Å². The van der Waals surface area contributed by atoms with Gasteiger partial charge < -0.3 is 10.1 Å². The maximum Gasteiger partial charge on any atom is 0.235 e. The van der Waals surface area contributed by atoms with E-state index in [4.69, 9.17) is 4.74 Å². The lowest BCUT2D eigenvalue weighted by atomic mass is 9.83. The summed E-state index contributed by atoms with van der Waals surface area (Å²) in [6.07, 6.45) is 24.6. The molecule has 4 aliphatic rings. The molecular formula is C35H41NO4. The number of carbonyl (C=O) groups is 3. The van der Waals surface area contributed by atoms with E-state index in [-0.39, 0.29) is 5.78 Å². The van der Waals surface area contributed by atoms with E-state index in [2.05, 4.69) is 29.6 Å². The summed E-state index contributed by atoms with van der Waals surface area (Å²) in [6.45, 7) is 9.62. The third-order valence-corrected chi connectivity index (χ3v) is 6.88. The zero-order chi connectivity index (χ0) is 29.1. The molecule has 1 aromatic rings. The molecule has 210 valence electrons. The largest absolute Gasteiger partial charge is 0.484 e. The molecule has 0 saturated carbocycles. The lowest BCUT2D eigenvalue weighted by Crippen LogP contribution is -2.47. The average Bonchev–Trinajstić information content (AvgIpc) is 3.12. The maximum absolute atomic E-state index is 13.0. The van der Waals surface area contributed by atoms with Crippen molar-refractivity contribution in [3.8, 4) is 0 Å². The van der Waals surface area contributed by atoms with Gasteiger partial charge in [0.1, 0.15) is 11.4 Å². The highest BCUT2D eigenvalue weighted by Gasteiger charge is 2.50. The molecule has 40 heavy (non-hydrogen) atoms. The summed E-state index contributed by atoms with van der Waals surface area (Å²) in [7, 11) is 0. The van der Waals surface area contributed by atoms with Crippen LogP contribution < -0.4 is 5.32 Å². The Bertz CT molecular complexity index is 1320. The van der Waals surface area contributed by atoms with Crippen molar-refractivity contribution in [3.63, 3.8) is 0 Å². The molecule has 1 N–H and O–H groups in total. The lowest BCUT2D eigenvalue weighted by molar-refractivity contribution is -0.112. The van der Waals surface area contributed by atoms with Gasteiger partial charge in [-0.1, -0.05) is 86.7 Å². The minimum atomic E-state index is -0.738. The number of hydrogen-bond acceptors (Lipinski definition) is 5. The summed E-state index contributed by atoms with van der Waals surface area (Å²) in [5.74, 6) is -0.584. The van der Waals surface area contributed by atoms with Crippen LogP contribution in [0, 0.1) is 0 Å². The normalized spacial score (nSPS) is 24.2. The van der Waals surface area contributed by atoms with Crippen molar-refractivity contribution < 1.29 is 19.1 Å². The summed E-state index contributed by atoms with van der Waals surface area (Å²) >= 11 is 0. The highest BCUT2D eigenvalue weighted by Crippen LogP contribution is 2.44. The number of Topliss-reactive ketones (excluding diaryl/α,β-unsaturated/α-hetero) is 2. The molecule has 1 aromatic carbocycles. The molecule has 0 saturated heterocycles. The van der Waals surface area contributed by atoms with Crippen LogP contribution in [0.4, 0.5) is 0 Å². The third-order valence-electron chi connectivity index (χ3n) is 6.88. The van der Waals surface area contributed by atoms with Crippen molar-refractivity contribution in [2.45, 2.75) is 78.4 Å². The van der Waals surface area contributed by atoms with E-state index in [1.54, 1.807) is 24.3 Å². The number of benzene rings is 1. The fraction of sp³-hybridized carbons (Fsp3) is 0.343. The molecule has 0 amide bonds. The first-order valence-electron chi connectivity index (χ1n) is 14.2. The lowest BCUT2D eigenvalue weighted by Gasteiger charge is -2.30. The SMILES string of the molecule is C/C=C/C(=O)/C1=C/C=C(/NC2C3=C(OC2(C)C)c2ccccc2C(=O)C3=O)C/C=C\C1.C1=CCCCC=C1.CC.